The van der Waals surface area contributed by atoms with Crippen molar-refractivity contribution < 1.29 is 9.90 Å². The van der Waals surface area contributed by atoms with Crippen molar-refractivity contribution in [3.05, 3.63) is 54.1 Å². The number of hydrogen-bond donors (Lipinski definition) is 2. The number of benzene rings is 2. The van der Waals surface area contributed by atoms with Crippen LogP contribution in [0.2, 0.25) is 0 Å². The maximum atomic E-state index is 12.4. The molecule has 0 saturated heterocycles. The number of phenolic OH excluding ortho intramolecular Hbond substituents is 1. The van der Waals surface area contributed by atoms with Crippen LogP contribution in [0.3, 0.4) is 0 Å². The van der Waals surface area contributed by atoms with E-state index in [0.717, 1.165) is 5.69 Å². The summed E-state index contributed by atoms with van der Waals surface area (Å²) in [5, 5.41) is 12.5. The number of carbonyl (C=O) groups excluding carboxylic acids is 1. The van der Waals surface area contributed by atoms with Crippen LogP contribution in [0, 0.1) is 0 Å². The number of amides is 1. The molecule has 0 spiro atoms. The highest BCUT2D eigenvalue weighted by Crippen LogP contribution is 2.23. The molecule has 0 atom stereocenters. The van der Waals surface area contributed by atoms with Gasteiger partial charge in [-0.3, -0.25) is 4.79 Å². The zero-order valence-corrected chi connectivity index (χ0v) is 10.9. The molecule has 0 aliphatic rings. The molecule has 2 aromatic carbocycles. The van der Waals surface area contributed by atoms with E-state index in [2.05, 4.69) is 5.32 Å². The topological polar surface area (TPSA) is 52.6 Å². The summed E-state index contributed by atoms with van der Waals surface area (Å²) in [5.41, 5.74) is 2.02. The molecule has 0 aromatic heterocycles. The molecule has 0 aliphatic heterocycles. The van der Waals surface area contributed by atoms with Crippen LogP contribution in [0.25, 0.3) is 0 Å². The first kappa shape index (κ1) is 13.0. The van der Waals surface area contributed by atoms with Crippen molar-refractivity contribution in [2.45, 2.75) is 0 Å². The van der Waals surface area contributed by atoms with Gasteiger partial charge in [0.05, 0.1) is 5.56 Å². The van der Waals surface area contributed by atoms with Crippen molar-refractivity contribution in [1.82, 2.24) is 0 Å². The lowest BCUT2D eigenvalue weighted by atomic mass is 10.1. The number of hydrogen-bond acceptors (Lipinski definition) is 3. The van der Waals surface area contributed by atoms with Gasteiger partial charge >= 0.3 is 0 Å². The highest BCUT2D eigenvalue weighted by Gasteiger charge is 2.16. The second-order valence-electron chi connectivity index (χ2n) is 4.18. The van der Waals surface area contributed by atoms with Crippen molar-refractivity contribution in [2.24, 2.45) is 0 Å². The first-order chi connectivity index (χ1) is 9.13. The summed E-state index contributed by atoms with van der Waals surface area (Å²) in [4.78, 5) is 14.0. The van der Waals surface area contributed by atoms with E-state index in [1.54, 1.807) is 44.4 Å². The highest BCUT2D eigenvalue weighted by molar-refractivity contribution is 6.09. The number of phenols is 1. The van der Waals surface area contributed by atoms with E-state index < -0.39 is 0 Å². The summed E-state index contributed by atoms with van der Waals surface area (Å²) in [7, 11) is 3.46. The van der Waals surface area contributed by atoms with Crippen LogP contribution in [-0.4, -0.2) is 25.1 Å². The van der Waals surface area contributed by atoms with Gasteiger partial charge in [0.1, 0.15) is 5.75 Å². The minimum Gasteiger partial charge on any atom is -0.508 e. The summed E-state index contributed by atoms with van der Waals surface area (Å²) in [6, 6.07) is 13.9. The number of carbonyl (C=O) groups is 1. The summed E-state index contributed by atoms with van der Waals surface area (Å²) in [6.45, 7) is 0. The molecule has 0 saturated carbocycles. The minimum absolute atomic E-state index is 0.129. The number of nitrogens with one attached hydrogen (secondary N) is 1. The van der Waals surface area contributed by atoms with Gasteiger partial charge in [-0.1, -0.05) is 18.2 Å². The van der Waals surface area contributed by atoms with Gasteiger partial charge in [-0.15, -0.1) is 0 Å². The Morgan fingerprint density at radius 3 is 2.58 bits per heavy atom. The van der Waals surface area contributed by atoms with Crippen LogP contribution in [0.1, 0.15) is 10.4 Å². The van der Waals surface area contributed by atoms with Crippen LogP contribution >= 0.6 is 0 Å². The predicted octanol–water partition coefficient (Wildman–Crippen LogP) is 2.71. The van der Waals surface area contributed by atoms with Crippen LogP contribution in [0.5, 0.6) is 5.75 Å². The third kappa shape index (κ3) is 2.68. The summed E-state index contributed by atoms with van der Waals surface area (Å²) in [6.07, 6.45) is 0. The molecule has 0 radical (unpaired) electrons. The van der Waals surface area contributed by atoms with Crippen LogP contribution in [-0.2, 0) is 0 Å². The SMILES string of the molecule is CNc1ccccc1C(=O)N(C)c1cccc(O)c1. The lowest BCUT2D eigenvalue weighted by molar-refractivity contribution is 0.0994. The average Bonchev–Trinajstić information content (AvgIpc) is 2.45. The van der Waals surface area contributed by atoms with Crippen LogP contribution < -0.4 is 10.2 Å². The number of anilines is 2. The van der Waals surface area contributed by atoms with Crippen molar-refractivity contribution >= 4 is 17.3 Å². The summed E-state index contributed by atoms with van der Waals surface area (Å²) < 4.78 is 0. The molecule has 2 rings (SSSR count). The first-order valence-corrected chi connectivity index (χ1v) is 5.97. The van der Waals surface area contributed by atoms with E-state index >= 15 is 0 Å². The summed E-state index contributed by atoms with van der Waals surface area (Å²) in [5.74, 6) is 0.00889. The van der Waals surface area contributed by atoms with Crippen LogP contribution in [0.15, 0.2) is 48.5 Å². The maximum Gasteiger partial charge on any atom is 0.260 e. The zero-order chi connectivity index (χ0) is 13.8. The third-order valence-electron chi connectivity index (χ3n) is 2.95. The van der Waals surface area contributed by atoms with E-state index in [0.29, 0.717) is 11.3 Å². The highest BCUT2D eigenvalue weighted by atomic mass is 16.3. The van der Waals surface area contributed by atoms with Gasteiger partial charge in [0.2, 0.25) is 0 Å². The Kier molecular flexibility index (Phi) is 3.71. The number of aromatic hydroxyl groups is 1. The molecule has 0 aliphatic carbocycles. The molecule has 0 heterocycles. The molecular weight excluding hydrogens is 240 g/mol. The number of nitrogens with zero attached hydrogens (tertiary/aromatic N) is 1. The Labute approximate surface area is 112 Å². The largest absolute Gasteiger partial charge is 0.508 e. The van der Waals surface area contributed by atoms with Crippen molar-refractivity contribution in [3.63, 3.8) is 0 Å². The fourth-order valence-electron chi connectivity index (χ4n) is 1.89. The van der Waals surface area contributed by atoms with E-state index in [-0.39, 0.29) is 11.7 Å². The standard InChI is InChI=1S/C15H16N2O2/c1-16-14-9-4-3-8-13(14)15(19)17(2)11-6-5-7-12(18)10-11/h3-10,16,18H,1-2H3. The molecular formula is C15H16N2O2. The second kappa shape index (κ2) is 5.44. The van der Waals surface area contributed by atoms with Gasteiger partial charge < -0.3 is 15.3 Å². The molecule has 4 heteroatoms. The van der Waals surface area contributed by atoms with E-state index in [1.807, 2.05) is 18.2 Å². The van der Waals surface area contributed by atoms with Crippen molar-refractivity contribution in [3.8, 4) is 5.75 Å². The molecule has 4 nitrogen and oxygen atoms in total. The Morgan fingerprint density at radius 1 is 1.16 bits per heavy atom. The van der Waals surface area contributed by atoms with Gasteiger partial charge in [0.15, 0.2) is 0 Å². The Bertz CT molecular complexity index is 596. The van der Waals surface area contributed by atoms with E-state index in [9.17, 15) is 9.90 Å². The zero-order valence-electron chi connectivity index (χ0n) is 10.9. The lowest BCUT2D eigenvalue weighted by Crippen LogP contribution is -2.26. The second-order valence-corrected chi connectivity index (χ2v) is 4.18. The molecule has 0 fully saturated rings. The average molecular weight is 256 g/mol. The number of para-hydroxylation sites is 1. The fraction of sp³-hybridized carbons (Fsp3) is 0.133. The van der Waals surface area contributed by atoms with Gasteiger partial charge in [-0.2, -0.15) is 0 Å². The lowest BCUT2D eigenvalue weighted by Gasteiger charge is -2.19. The van der Waals surface area contributed by atoms with Crippen LogP contribution in [0.4, 0.5) is 11.4 Å². The molecule has 19 heavy (non-hydrogen) atoms. The van der Waals surface area contributed by atoms with E-state index in [4.69, 9.17) is 0 Å². The molecule has 2 N–H and O–H groups in total. The molecule has 0 unspecified atom stereocenters. The smallest absolute Gasteiger partial charge is 0.260 e. The third-order valence-corrected chi connectivity index (χ3v) is 2.95. The molecule has 2 aromatic rings. The van der Waals surface area contributed by atoms with E-state index in [1.165, 1.54) is 4.90 Å². The van der Waals surface area contributed by atoms with Gasteiger partial charge in [0.25, 0.3) is 5.91 Å². The molecule has 0 bridgehead atoms. The first-order valence-electron chi connectivity index (χ1n) is 5.97. The Hall–Kier alpha value is -2.49. The Morgan fingerprint density at radius 2 is 1.89 bits per heavy atom. The number of rotatable bonds is 3. The predicted molar refractivity (Wildman–Crippen MR) is 76.8 cm³/mol. The maximum absolute atomic E-state index is 12.4. The Balaban J connectivity index is 2.33. The van der Waals surface area contributed by atoms with Gasteiger partial charge in [-0.05, 0) is 24.3 Å². The molecule has 1 amide bonds. The van der Waals surface area contributed by atoms with Gasteiger partial charge in [-0.25, -0.2) is 0 Å². The molecule has 98 valence electrons. The minimum atomic E-state index is -0.129. The monoisotopic (exact) mass is 256 g/mol. The van der Waals surface area contributed by atoms with Crippen molar-refractivity contribution in [1.29, 1.82) is 0 Å². The van der Waals surface area contributed by atoms with Gasteiger partial charge in [0, 0.05) is 31.5 Å². The van der Waals surface area contributed by atoms with Crippen molar-refractivity contribution in [2.75, 3.05) is 24.3 Å². The normalized spacial score (nSPS) is 10.0. The quantitative estimate of drug-likeness (QED) is 0.887. The fourth-order valence-corrected chi connectivity index (χ4v) is 1.89. The summed E-state index contributed by atoms with van der Waals surface area (Å²) >= 11 is 0.